The van der Waals surface area contributed by atoms with Crippen LogP contribution < -0.4 is 10.9 Å². The molecule has 0 aliphatic carbocycles. The monoisotopic (exact) mass is 344 g/mol. The lowest BCUT2D eigenvalue weighted by atomic mass is 9.84. The topological polar surface area (TPSA) is 74.3 Å². The zero-order valence-electron chi connectivity index (χ0n) is 15.3. The van der Waals surface area contributed by atoms with Gasteiger partial charge in [-0.1, -0.05) is 20.8 Å². The smallest absolute Gasteiger partial charge is 0.241 e. The maximum Gasteiger partial charge on any atom is 0.241 e. The number of Topliss-reactive ketones (excluding diaryl/α,β-unsaturated/α-hetero) is 1. The van der Waals surface area contributed by atoms with Gasteiger partial charge < -0.3 is 4.90 Å². The normalized spacial score (nSPS) is 25.2. The number of nitrogens with zero attached hydrogens (tertiary/aromatic N) is 2. The number of pyridine rings is 1. The van der Waals surface area contributed by atoms with E-state index < -0.39 is 0 Å². The largest absolute Gasteiger partial charge is 0.341 e. The predicted octanol–water partition coefficient (Wildman–Crippen LogP) is 1.78. The average Bonchev–Trinajstić information content (AvgIpc) is 3.12. The highest BCUT2D eigenvalue weighted by molar-refractivity contribution is 5.97. The van der Waals surface area contributed by atoms with Crippen molar-refractivity contribution >= 4 is 11.7 Å². The Morgan fingerprint density at radius 2 is 1.92 bits per heavy atom. The maximum absolute atomic E-state index is 12.7. The minimum Gasteiger partial charge on any atom is -0.341 e. The van der Waals surface area contributed by atoms with Crippen LogP contribution in [-0.2, 0) is 4.79 Å². The molecule has 6 heteroatoms. The number of ketones is 1. The molecule has 0 radical (unpaired) electrons. The lowest BCUT2D eigenvalue weighted by Crippen LogP contribution is -2.49. The van der Waals surface area contributed by atoms with Gasteiger partial charge in [0.25, 0.3) is 0 Å². The van der Waals surface area contributed by atoms with Crippen LogP contribution in [0.5, 0.6) is 0 Å². The molecule has 0 saturated carbocycles. The molecular weight excluding hydrogens is 316 g/mol. The molecule has 2 atom stereocenters. The lowest BCUT2D eigenvalue weighted by Gasteiger charge is -2.33. The quantitative estimate of drug-likeness (QED) is 0.818. The number of carbonyl (C=O) groups is 2. The maximum atomic E-state index is 12.7. The van der Waals surface area contributed by atoms with Crippen molar-refractivity contribution in [3.05, 3.63) is 30.1 Å². The van der Waals surface area contributed by atoms with Crippen molar-refractivity contribution in [3.63, 3.8) is 0 Å². The second-order valence-electron chi connectivity index (χ2n) is 8.20. The fraction of sp³-hybridized carbons (Fsp3) is 0.632. The van der Waals surface area contributed by atoms with Crippen LogP contribution in [0.15, 0.2) is 24.5 Å². The SMILES string of the molecule is CC(C)(C)C1CC(C(=O)N2CCC(C(=O)c3cccnc3)CC2)NN1. The van der Waals surface area contributed by atoms with Gasteiger partial charge in [-0.15, -0.1) is 0 Å². The zero-order valence-corrected chi connectivity index (χ0v) is 15.3. The molecule has 2 fully saturated rings. The molecule has 2 aliphatic rings. The van der Waals surface area contributed by atoms with Gasteiger partial charge in [0.2, 0.25) is 5.91 Å². The molecule has 3 rings (SSSR count). The van der Waals surface area contributed by atoms with Gasteiger partial charge in [-0.25, -0.2) is 5.43 Å². The van der Waals surface area contributed by atoms with Crippen molar-refractivity contribution < 1.29 is 9.59 Å². The summed E-state index contributed by atoms with van der Waals surface area (Å²) in [5, 5.41) is 0. The van der Waals surface area contributed by atoms with Crippen molar-refractivity contribution in [1.82, 2.24) is 20.7 Å². The van der Waals surface area contributed by atoms with Crippen LogP contribution in [0.1, 0.15) is 50.4 Å². The van der Waals surface area contributed by atoms with Crippen LogP contribution in [0.25, 0.3) is 0 Å². The van der Waals surface area contributed by atoms with E-state index in [-0.39, 0.29) is 35.1 Å². The average molecular weight is 344 g/mol. The third-order valence-electron chi connectivity index (χ3n) is 5.37. The number of aromatic nitrogens is 1. The van der Waals surface area contributed by atoms with Crippen LogP contribution in [-0.4, -0.2) is 46.7 Å². The van der Waals surface area contributed by atoms with Crippen LogP contribution >= 0.6 is 0 Å². The standard InChI is InChI=1S/C19H28N4O2/c1-19(2,3)16-11-15(21-22-16)18(25)23-9-6-13(7-10-23)17(24)14-5-4-8-20-12-14/h4-5,8,12-13,15-16,21-22H,6-7,9-11H2,1-3H3. The molecule has 0 bridgehead atoms. The minimum atomic E-state index is -0.171. The van der Waals surface area contributed by atoms with Crippen molar-refractivity contribution in [2.24, 2.45) is 11.3 Å². The first-order valence-electron chi connectivity index (χ1n) is 9.10. The summed E-state index contributed by atoms with van der Waals surface area (Å²) < 4.78 is 0. The van der Waals surface area contributed by atoms with Gasteiger partial charge in [-0.2, -0.15) is 0 Å². The highest BCUT2D eigenvalue weighted by Gasteiger charge is 2.38. The zero-order chi connectivity index (χ0) is 18.0. The molecule has 6 nitrogen and oxygen atoms in total. The van der Waals surface area contributed by atoms with E-state index in [1.54, 1.807) is 18.5 Å². The third kappa shape index (κ3) is 4.07. The predicted molar refractivity (Wildman–Crippen MR) is 95.8 cm³/mol. The Hall–Kier alpha value is -1.79. The molecular formula is C19H28N4O2. The van der Waals surface area contributed by atoms with Gasteiger partial charge in [-0.3, -0.25) is 20.0 Å². The first-order chi connectivity index (χ1) is 11.9. The van der Waals surface area contributed by atoms with Crippen LogP contribution in [0.4, 0.5) is 0 Å². The van der Waals surface area contributed by atoms with Gasteiger partial charge in [0.1, 0.15) is 6.04 Å². The Labute approximate surface area is 149 Å². The molecule has 2 aliphatic heterocycles. The number of rotatable bonds is 3. The van der Waals surface area contributed by atoms with E-state index in [0.717, 1.165) is 19.3 Å². The van der Waals surface area contributed by atoms with Crippen molar-refractivity contribution in [1.29, 1.82) is 0 Å². The molecule has 136 valence electrons. The fourth-order valence-electron chi connectivity index (χ4n) is 3.61. The number of hydrogen-bond acceptors (Lipinski definition) is 5. The van der Waals surface area contributed by atoms with Gasteiger partial charge >= 0.3 is 0 Å². The van der Waals surface area contributed by atoms with Gasteiger partial charge in [0.05, 0.1) is 0 Å². The second kappa shape index (κ2) is 7.22. The third-order valence-corrected chi connectivity index (χ3v) is 5.37. The summed E-state index contributed by atoms with van der Waals surface area (Å²) in [5.74, 6) is 0.283. The van der Waals surface area contributed by atoms with E-state index in [1.807, 2.05) is 11.0 Å². The number of nitrogens with one attached hydrogen (secondary N) is 2. The number of piperidine rings is 1. The molecule has 3 heterocycles. The van der Waals surface area contributed by atoms with E-state index in [2.05, 4.69) is 36.6 Å². The molecule has 0 spiro atoms. The Kier molecular flexibility index (Phi) is 5.20. The molecule has 1 aromatic heterocycles. The summed E-state index contributed by atoms with van der Waals surface area (Å²) in [7, 11) is 0. The first kappa shape index (κ1) is 18.0. The lowest BCUT2D eigenvalue weighted by molar-refractivity contribution is -0.134. The number of likely N-dealkylation sites (tertiary alicyclic amines) is 1. The highest BCUT2D eigenvalue weighted by atomic mass is 16.2. The van der Waals surface area contributed by atoms with Crippen LogP contribution in [0.3, 0.4) is 0 Å². The molecule has 1 aromatic rings. The summed E-state index contributed by atoms with van der Waals surface area (Å²) in [6.45, 7) is 7.82. The van der Waals surface area contributed by atoms with Crippen LogP contribution in [0, 0.1) is 11.3 Å². The number of hydrogen-bond donors (Lipinski definition) is 2. The fourth-order valence-corrected chi connectivity index (χ4v) is 3.61. The Balaban J connectivity index is 1.52. The van der Waals surface area contributed by atoms with Gasteiger partial charge in [-0.05, 0) is 36.8 Å². The van der Waals surface area contributed by atoms with Crippen molar-refractivity contribution in [3.8, 4) is 0 Å². The summed E-state index contributed by atoms with van der Waals surface area (Å²) in [5.41, 5.74) is 7.19. The first-order valence-corrected chi connectivity index (χ1v) is 9.10. The number of carbonyl (C=O) groups excluding carboxylic acids is 2. The van der Waals surface area contributed by atoms with Crippen LogP contribution in [0.2, 0.25) is 0 Å². The summed E-state index contributed by atoms with van der Waals surface area (Å²) in [6.07, 6.45) is 5.55. The molecule has 1 amide bonds. The van der Waals surface area contributed by atoms with E-state index >= 15 is 0 Å². The van der Waals surface area contributed by atoms with E-state index in [4.69, 9.17) is 0 Å². The van der Waals surface area contributed by atoms with Gasteiger partial charge in [0, 0.05) is 43.0 Å². The van der Waals surface area contributed by atoms with E-state index in [1.165, 1.54) is 0 Å². The Bertz CT molecular complexity index is 618. The molecule has 2 saturated heterocycles. The van der Waals surface area contributed by atoms with E-state index in [9.17, 15) is 9.59 Å². The minimum absolute atomic E-state index is 0.00904. The summed E-state index contributed by atoms with van der Waals surface area (Å²) in [4.78, 5) is 31.2. The number of hydrazine groups is 1. The Morgan fingerprint density at radius 3 is 2.48 bits per heavy atom. The molecule has 25 heavy (non-hydrogen) atoms. The highest BCUT2D eigenvalue weighted by Crippen LogP contribution is 2.27. The van der Waals surface area contributed by atoms with E-state index in [0.29, 0.717) is 18.7 Å². The van der Waals surface area contributed by atoms with Crippen molar-refractivity contribution in [2.75, 3.05) is 13.1 Å². The second-order valence-corrected chi connectivity index (χ2v) is 8.20. The summed E-state index contributed by atoms with van der Waals surface area (Å²) in [6, 6.07) is 3.71. The molecule has 0 aromatic carbocycles. The summed E-state index contributed by atoms with van der Waals surface area (Å²) >= 11 is 0. The molecule has 2 unspecified atom stereocenters. The van der Waals surface area contributed by atoms with Gasteiger partial charge in [0.15, 0.2) is 5.78 Å². The van der Waals surface area contributed by atoms with Crippen molar-refractivity contribution in [2.45, 2.75) is 52.1 Å². The Morgan fingerprint density at radius 1 is 1.20 bits per heavy atom. The molecule has 2 N–H and O–H groups in total. The number of amides is 1.